The molecule has 0 fully saturated rings. The second-order valence-electron chi connectivity index (χ2n) is 7.99. The van der Waals surface area contributed by atoms with Gasteiger partial charge in [-0.2, -0.15) is 0 Å². The molecule has 0 aliphatic rings. The number of rotatable bonds is 2. The van der Waals surface area contributed by atoms with Crippen molar-refractivity contribution in [3.8, 4) is 16.8 Å². The Morgan fingerprint density at radius 3 is 2.17 bits per heavy atom. The zero-order valence-electron chi connectivity index (χ0n) is 16.8. The van der Waals surface area contributed by atoms with Crippen molar-refractivity contribution in [2.75, 3.05) is 0 Å². The number of aromatic nitrogens is 1. The lowest BCUT2D eigenvalue weighted by molar-refractivity contribution is 1.19. The Balaban J connectivity index is 1.68. The summed E-state index contributed by atoms with van der Waals surface area (Å²) in [4.78, 5) is 0. The minimum Gasteiger partial charge on any atom is -0.309 e. The zero-order valence-corrected chi connectivity index (χ0v) is 16.8. The minimum atomic E-state index is 1.20. The Bertz CT molecular complexity index is 1550. The van der Waals surface area contributed by atoms with E-state index in [1.807, 2.05) is 0 Å². The normalized spacial score (nSPS) is 11.5. The van der Waals surface area contributed by atoms with Crippen molar-refractivity contribution in [2.45, 2.75) is 6.92 Å². The van der Waals surface area contributed by atoms with Gasteiger partial charge >= 0.3 is 0 Å². The molecular formula is C29H21N. The van der Waals surface area contributed by atoms with Gasteiger partial charge in [-0.05, 0) is 53.1 Å². The van der Waals surface area contributed by atoms with Crippen LogP contribution in [0.3, 0.4) is 0 Å². The van der Waals surface area contributed by atoms with Crippen LogP contribution in [0.2, 0.25) is 0 Å². The van der Waals surface area contributed by atoms with Gasteiger partial charge in [0.1, 0.15) is 0 Å². The second-order valence-corrected chi connectivity index (χ2v) is 7.99. The van der Waals surface area contributed by atoms with Crippen molar-refractivity contribution in [3.63, 3.8) is 0 Å². The first-order valence-corrected chi connectivity index (χ1v) is 10.4. The van der Waals surface area contributed by atoms with Crippen molar-refractivity contribution in [1.82, 2.24) is 4.57 Å². The molecule has 1 heteroatoms. The molecule has 1 heterocycles. The highest BCUT2D eigenvalue weighted by molar-refractivity contribution is 6.10. The predicted octanol–water partition coefficient (Wildman–Crippen LogP) is 7.91. The van der Waals surface area contributed by atoms with Crippen molar-refractivity contribution in [2.24, 2.45) is 0 Å². The average molecular weight is 383 g/mol. The number of para-hydroxylation sites is 1. The standard InChI is InChI=1S/C29H21N/c1-20-7-6-10-22(17-20)24-14-16-27-26-11-4-5-12-28(26)30(29(27)19-24)25-15-13-21-8-2-3-9-23(21)18-25/h2-19H,1H3. The van der Waals surface area contributed by atoms with Crippen LogP contribution in [0, 0.1) is 6.92 Å². The average Bonchev–Trinajstić information content (AvgIpc) is 3.12. The van der Waals surface area contributed by atoms with E-state index >= 15 is 0 Å². The largest absolute Gasteiger partial charge is 0.309 e. The monoisotopic (exact) mass is 383 g/mol. The molecule has 5 aromatic carbocycles. The van der Waals surface area contributed by atoms with Gasteiger partial charge in [-0.3, -0.25) is 0 Å². The molecule has 142 valence electrons. The van der Waals surface area contributed by atoms with Gasteiger partial charge in [0.25, 0.3) is 0 Å². The van der Waals surface area contributed by atoms with Crippen molar-refractivity contribution in [1.29, 1.82) is 0 Å². The third-order valence-corrected chi connectivity index (χ3v) is 6.02. The van der Waals surface area contributed by atoms with E-state index in [4.69, 9.17) is 0 Å². The summed E-state index contributed by atoms with van der Waals surface area (Å²) >= 11 is 0. The van der Waals surface area contributed by atoms with E-state index in [0.717, 1.165) is 0 Å². The van der Waals surface area contributed by atoms with Gasteiger partial charge in [0.2, 0.25) is 0 Å². The maximum atomic E-state index is 2.40. The Morgan fingerprint density at radius 1 is 0.500 bits per heavy atom. The van der Waals surface area contributed by atoms with Crippen molar-refractivity contribution >= 4 is 32.6 Å². The third kappa shape index (κ3) is 2.63. The quantitative estimate of drug-likeness (QED) is 0.286. The van der Waals surface area contributed by atoms with E-state index in [0.29, 0.717) is 0 Å². The number of aryl methyl sites for hydroxylation is 1. The molecule has 6 aromatic rings. The highest BCUT2D eigenvalue weighted by atomic mass is 15.0. The molecule has 0 radical (unpaired) electrons. The molecule has 6 rings (SSSR count). The lowest BCUT2D eigenvalue weighted by Crippen LogP contribution is -1.94. The number of nitrogens with zero attached hydrogens (tertiary/aromatic N) is 1. The summed E-state index contributed by atoms with van der Waals surface area (Å²) in [5.74, 6) is 0. The first-order chi connectivity index (χ1) is 14.8. The summed E-state index contributed by atoms with van der Waals surface area (Å²) in [6, 6.07) is 39.6. The molecule has 0 bridgehead atoms. The molecule has 0 amide bonds. The van der Waals surface area contributed by atoms with Crippen LogP contribution in [0.4, 0.5) is 0 Å². The first kappa shape index (κ1) is 17.1. The van der Waals surface area contributed by atoms with E-state index in [1.165, 1.54) is 55.0 Å². The van der Waals surface area contributed by atoms with Crippen LogP contribution >= 0.6 is 0 Å². The van der Waals surface area contributed by atoms with Crippen LogP contribution in [-0.4, -0.2) is 4.57 Å². The predicted molar refractivity (Wildman–Crippen MR) is 128 cm³/mol. The molecule has 0 spiro atoms. The third-order valence-electron chi connectivity index (χ3n) is 6.02. The summed E-state index contributed by atoms with van der Waals surface area (Å²) in [6.45, 7) is 2.15. The van der Waals surface area contributed by atoms with Gasteiger partial charge in [0, 0.05) is 16.5 Å². The molecule has 30 heavy (non-hydrogen) atoms. The molecule has 0 saturated heterocycles. The fourth-order valence-electron chi connectivity index (χ4n) is 4.57. The van der Waals surface area contributed by atoms with E-state index < -0.39 is 0 Å². The topological polar surface area (TPSA) is 4.93 Å². The smallest absolute Gasteiger partial charge is 0.0547 e. The van der Waals surface area contributed by atoms with E-state index in [1.54, 1.807) is 0 Å². The minimum absolute atomic E-state index is 1.20. The van der Waals surface area contributed by atoms with E-state index in [-0.39, 0.29) is 0 Å². The highest BCUT2D eigenvalue weighted by Crippen LogP contribution is 2.35. The fraction of sp³-hybridized carbons (Fsp3) is 0.0345. The summed E-state index contributed by atoms with van der Waals surface area (Å²) in [5.41, 5.74) is 7.46. The van der Waals surface area contributed by atoms with Crippen LogP contribution in [0.25, 0.3) is 49.4 Å². The Morgan fingerprint density at radius 2 is 1.27 bits per heavy atom. The van der Waals surface area contributed by atoms with Gasteiger partial charge in [-0.25, -0.2) is 0 Å². The lowest BCUT2D eigenvalue weighted by atomic mass is 10.0. The summed E-state index contributed by atoms with van der Waals surface area (Å²) in [7, 11) is 0. The van der Waals surface area contributed by atoms with Gasteiger partial charge in [-0.15, -0.1) is 0 Å². The second kappa shape index (κ2) is 6.60. The summed E-state index contributed by atoms with van der Waals surface area (Å²) < 4.78 is 2.40. The molecule has 1 nitrogen and oxygen atoms in total. The van der Waals surface area contributed by atoms with Crippen molar-refractivity contribution < 1.29 is 0 Å². The molecule has 0 aliphatic carbocycles. The first-order valence-electron chi connectivity index (χ1n) is 10.4. The van der Waals surface area contributed by atoms with Crippen molar-refractivity contribution in [3.05, 3.63) is 115 Å². The summed E-state index contributed by atoms with van der Waals surface area (Å²) in [6.07, 6.45) is 0. The van der Waals surface area contributed by atoms with Crippen LogP contribution in [-0.2, 0) is 0 Å². The number of fused-ring (bicyclic) bond motifs is 4. The van der Waals surface area contributed by atoms with E-state index in [2.05, 4.69) is 121 Å². The fourth-order valence-corrected chi connectivity index (χ4v) is 4.57. The molecule has 0 aliphatic heterocycles. The Kier molecular flexibility index (Phi) is 3.75. The maximum absolute atomic E-state index is 2.40. The molecular weight excluding hydrogens is 362 g/mol. The number of hydrogen-bond donors (Lipinski definition) is 0. The number of benzene rings is 5. The molecule has 0 N–H and O–H groups in total. The number of hydrogen-bond acceptors (Lipinski definition) is 0. The molecule has 0 atom stereocenters. The highest BCUT2D eigenvalue weighted by Gasteiger charge is 2.13. The van der Waals surface area contributed by atoms with Gasteiger partial charge in [-0.1, -0.05) is 90.5 Å². The SMILES string of the molecule is Cc1cccc(-c2ccc3c4ccccc4n(-c4ccc5ccccc5c4)c3c2)c1. The maximum Gasteiger partial charge on any atom is 0.0547 e. The van der Waals surface area contributed by atoms with Gasteiger partial charge in [0.15, 0.2) is 0 Å². The van der Waals surface area contributed by atoms with Gasteiger partial charge in [0.05, 0.1) is 11.0 Å². The molecule has 0 saturated carbocycles. The van der Waals surface area contributed by atoms with E-state index in [9.17, 15) is 0 Å². The Labute approximate surface area is 175 Å². The summed E-state index contributed by atoms with van der Waals surface area (Å²) in [5, 5.41) is 5.10. The van der Waals surface area contributed by atoms with Gasteiger partial charge < -0.3 is 4.57 Å². The Hall–Kier alpha value is -3.84. The zero-order chi connectivity index (χ0) is 20.1. The van der Waals surface area contributed by atoms with Crippen LogP contribution in [0.5, 0.6) is 0 Å². The molecule has 0 unspecified atom stereocenters. The van der Waals surface area contributed by atoms with Crippen LogP contribution in [0.1, 0.15) is 5.56 Å². The lowest BCUT2D eigenvalue weighted by Gasteiger charge is -2.10. The van der Waals surface area contributed by atoms with Crippen LogP contribution in [0.15, 0.2) is 109 Å². The molecule has 1 aromatic heterocycles. The van der Waals surface area contributed by atoms with Crippen LogP contribution < -0.4 is 0 Å².